The summed E-state index contributed by atoms with van der Waals surface area (Å²) in [6.07, 6.45) is 6.62. The third-order valence-corrected chi connectivity index (χ3v) is 5.22. The number of hydrazone groups is 1. The van der Waals surface area contributed by atoms with Gasteiger partial charge in [0.05, 0.1) is 18.5 Å². The molecule has 0 saturated heterocycles. The van der Waals surface area contributed by atoms with Gasteiger partial charge in [-0.3, -0.25) is 5.43 Å². The zero-order valence-corrected chi connectivity index (χ0v) is 17.3. The van der Waals surface area contributed by atoms with Gasteiger partial charge in [-0.15, -0.1) is 11.3 Å². The van der Waals surface area contributed by atoms with Gasteiger partial charge >= 0.3 is 0 Å². The predicted molar refractivity (Wildman–Crippen MR) is 120 cm³/mol. The van der Waals surface area contributed by atoms with Crippen LogP contribution in [0.15, 0.2) is 59.7 Å². The van der Waals surface area contributed by atoms with Crippen LogP contribution in [0.2, 0.25) is 0 Å². The minimum atomic E-state index is 0.763. The number of anilines is 1. The number of ether oxygens (including phenoxy) is 1. The van der Waals surface area contributed by atoms with Gasteiger partial charge in [0.1, 0.15) is 5.75 Å². The largest absolute Gasteiger partial charge is 0.494 e. The first kappa shape index (κ1) is 20.1. The molecule has 0 unspecified atom stereocenters. The van der Waals surface area contributed by atoms with Gasteiger partial charge in [-0.25, -0.2) is 4.98 Å². The van der Waals surface area contributed by atoms with Crippen LogP contribution in [0.3, 0.4) is 0 Å². The minimum absolute atomic E-state index is 0.763. The number of aryl methyl sites for hydroxylation is 1. The lowest BCUT2D eigenvalue weighted by Crippen LogP contribution is -1.98. The molecule has 3 aromatic rings. The summed E-state index contributed by atoms with van der Waals surface area (Å²) in [7, 11) is 0. The molecule has 0 radical (unpaired) electrons. The number of rotatable bonds is 10. The molecule has 3 rings (SSSR count). The number of nitrogens with zero attached hydrogens (tertiary/aromatic N) is 2. The second kappa shape index (κ2) is 10.6. The fraction of sp³-hybridized carbons (Fsp3) is 0.304. The molecular formula is C23H27N3OS. The summed E-state index contributed by atoms with van der Waals surface area (Å²) >= 11 is 1.60. The first-order chi connectivity index (χ1) is 13.8. The summed E-state index contributed by atoms with van der Waals surface area (Å²) < 4.78 is 5.83. The molecule has 4 nitrogen and oxygen atoms in total. The summed E-state index contributed by atoms with van der Waals surface area (Å²) in [5.41, 5.74) is 6.17. The van der Waals surface area contributed by atoms with Gasteiger partial charge in [-0.2, -0.15) is 5.10 Å². The number of nitrogens with one attached hydrogen (secondary N) is 1. The Balaban J connectivity index is 1.56. The molecule has 0 saturated carbocycles. The van der Waals surface area contributed by atoms with E-state index in [-0.39, 0.29) is 0 Å². The van der Waals surface area contributed by atoms with E-state index in [1.165, 1.54) is 24.1 Å². The fourth-order valence-electron chi connectivity index (χ4n) is 2.87. The second-order valence-electron chi connectivity index (χ2n) is 6.64. The number of unbranched alkanes of at least 4 members (excludes halogenated alkanes) is 3. The van der Waals surface area contributed by atoms with E-state index >= 15 is 0 Å². The number of hydrogen-bond acceptors (Lipinski definition) is 5. The highest BCUT2D eigenvalue weighted by Gasteiger charge is 2.08. The van der Waals surface area contributed by atoms with Crippen LogP contribution >= 0.6 is 11.3 Å². The van der Waals surface area contributed by atoms with Gasteiger partial charge in [0.2, 0.25) is 5.13 Å². The molecule has 0 atom stereocenters. The third kappa shape index (κ3) is 5.92. The van der Waals surface area contributed by atoms with Crippen molar-refractivity contribution in [1.82, 2.24) is 4.98 Å². The second-order valence-corrected chi connectivity index (χ2v) is 7.84. The molecule has 28 heavy (non-hydrogen) atoms. The van der Waals surface area contributed by atoms with Crippen molar-refractivity contribution in [3.8, 4) is 17.0 Å². The maximum absolute atomic E-state index is 5.83. The molecule has 0 bridgehead atoms. The smallest absolute Gasteiger partial charge is 0.204 e. The van der Waals surface area contributed by atoms with Crippen LogP contribution in [0.1, 0.15) is 43.0 Å². The lowest BCUT2D eigenvalue weighted by molar-refractivity contribution is 0.305. The van der Waals surface area contributed by atoms with Crippen LogP contribution in [0.25, 0.3) is 11.3 Å². The molecule has 0 amide bonds. The molecule has 1 N–H and O–H groups in total. The minimum Gasteiger partial charge on any atom is -0.494 e. The number of thiazole rings is 1. The molecule has 0 aliphatic rings. The highest BCUT2D eigenvalue weighted by atomic mass is 32.1. The first-order valence-electron chi connectivity index (χ1n) is 9.81. The van der Waals surface area contributed by atoms with Crippen molar-refractivity contribution in [3.63, 3.8) is 0 Å². The SMILES string of the molecule is CCCCCCOc1cccc(/C=N/Nc2nc(-c3ccccc3)c(C)s2)c1. The first-order valence-corrected chi connectivity index (χ1v) is 10.6. The maximum Gasteiger partial charge on any atom is 0.204 e. The quantitative estimate of drug-likeness (QED) is 0.242. The zero-order chi connectivity index (χ0) is 19.6. The van der Waals surface area contributed by atoms with Crippen molar-refractivity contribution in [2.45, 2.75) is 39.5 Å². The molecule has 1 heterocycles. The summed E-state index contributed by atoms with van der Waals surface area (Å²) in [6.45, 7) is 5.06. The fourth-order valence-corrected chi connectivity index (χ4v) is 3.66. The van der Waals surface area contributed by atoms with Crippen molar-refractivity contribution >= 4 is 22.7 Å². The van der Waals surface area contributed by atoms with Crippen LogP contribution < -0.4 is 10.2 Å². The van der Waals surface area contributed by atoms with Gasteiger partial charge in [0.15, 0.2) is 0 Å². The van der Waals surface area contributed by atoms with Gasteiger partial charge in [0.25, 0.3) is 0 Å². The molecule has 0 aliphatic heterocycles. The average Bonchev–Trinajstić information content (AvgIpc) is 3.09. The summed E-state index contributed by atoms with van der Waals surface area (Å²) in [6, 6.07) is 18.2. The van der Waals surface area contributed by atoms with E-state index in [2.05, 4.69) is 41.5 Å². The van der Waals surface area contributed by atoms with Crippen LogP contribution in [0.5, 0.6) is 5.75 Å². The topological polar surface area (TPSA) is 46.5 Å². The van der Waals surface area contributed by atoms with Crippen LogP contribution in [-0.4, -0.2) is 17.8 Å². The average molecular weight is 394 g/mol. The number of benzene rings is 2. The Morgan fingerprint density at radius 3 is 2.75 bits per heavy atom. The van der Waals surface area contributed by atoms with Crippen molar-refractivity contribution in [2.75, 3.05) is 12.0 Å². The van der Waals surface area contributed by atoms with E-state index < -0.39 is 0 Å². The molecule has 5 heteroatoms. The van der Waals surface area contributed by atoms with Crippen molar-refractivity contribution in [3.05, 3.63) is 65.0 Å². The van der Waals surface area contributed by atoms with E-state index in [0.29, 0.717) is 0 Å². The highest BCUT2D eigenvalue weighted by Crippen LogP contribution is 2.30. The lowest BCUT2D eigenvalue weighted by Gasteiger charge is -2.06. The highest BCUT2D eigenvalue weighted by molar-refractivity contribution is 7.15. The Morgan fingerprint density at radius 1 is 1.07 bits per heavy atom. The predicted octanol–water partition coefficient (Wildman–Crippen LogP) is 6.52. The lowest BCUT2D eigenvalue weighted by atomic mass is 10.1. The summed E-state index contributed by atoms with van der Waals surface area (Å²) in [5.74, 6) is 0.886. The maximum atomic E-state index is 5.83. The van der Waals surface area contributed by atoms with E-state index in [9.17, 15) is 0 Å². The van der Waals surface area contributed by atoms with Crippen LogP contribution in [0, 0.1) is 6.92 Å². The Kier molecular flexibility index (Phi) is 7.62. The standard InChI is InChI=1S/C23H27N3OS/c1-3-4-5-9-15-27-21-14-10-11-19(16-21)17-24-26-23-25-22(18(2)28-23)20-12-7-6-8-13-20/h6-8,10-14,16-17H,3-5,9,15H2,1-2H3,(H,25,26)/b24-17+. The molecule has 1 aromatic heterocycles. The Labute approximate surface area is 171 Å². The van der Waals surface area contributed by atoms with Crippen LogP contribution in [0.4, 0.5) is 5.13 Å². The van der Waals surface area contributed by atoms with E-state index in [0.717, 1.165) is 40.7 Å². The Morgan fingerprint density at radius 2 is 1.93 bits per heavy atom. The van der Waals surface area contributed by atoms with Gasteiger partial charge in [-0.1, -0.05) is 68.7 Å². The van der Waals surface area contributed by atoms with Gasteiger partial charge < -0.3 is 4.74 Å². The summed E-state index contributed by atoms with van der Waals surface area (Å²) in [5, 5.41) is 5.13. The van der Waals surface area contributed by atoms with Crippen LogP contribution in [-0.2, 0) is 0 Å². The Bertz CT molecular complexity index is 890. The zero-order valence-electron chi connectivity index (χ0n) is 16.5. The van der Waals surface area contributed by atoms with E-state index in [1.807, 2.05) is 42.5 Å². The van der Waals surface area contributed by atoms with Gasteiger partial charge in [0, 0.05) is 10.4 Å². The van der Waals surface area contributed by atoms with Gasteiger partial charge in [-0.05, 0) is 31.0 Å². The summed E-state index contributed by atoms with van der Waals surface area (Å²) in [4.78, 5) is 5.83. The van der Waals surface area contributed by atoms with Crippen molar-refractivity contribution < 1.29 is 4.74 Å². The van der Waals surface area contributed by atoms with E-state index in [4.69, 9.17) is 4.74 Å². The Hall–Kier alpha value is -2.66. The van der Waals surface area contributed by atoms with Crippen molar-refractivity contribution in [2.24, 2.45) is 5.10 Å². The molecule has 0 aliphatic carbocycles. The monoisotopic (exact) mass is 393 g/mol. The van der Waals surface area contributed by atoms with Crippen molar-refractivity contribution in [1.29, 1.82) is 0 Å². The molecule has 146 valence electrons. The number of aromatic nitrogens is 1. The van der Waals surface area contributed by atoms with E-state index in [1.54, 1.807) is 17.6 Å². The molecule has 0 fully saturated rings. The molecule has 2 aromatic carbocycles. The third-order valence-electron chi connectivity index (χ3n) is 4.34. The molecule has 0 spiro atoms. The normalized spacial score (nSPS) is 11.1. The molecular weight excluding hydrogens is 366 g/mol. The number of hydrogen-bond donors (Lipinski definition) is 1.